The lowest BCUT2D eigenvalue weighted by Crippen LogP contribution is -2.62. The molecule has 2 fully saturated rings. The van der Waals surface area contributed by atoms with Gasteiger partial charge in [-0.05, 0) is 54.7 Å². The lowest BCUT2D eigenvalue weighted by Gasteiger charge is -2.55. The summed E-state index contributed by atoms with van der Waals surface area (Å²) in [7, 11) is 1.68. The molecule has 0 radical (unpaired) electrons. The van der Waals surface area contributed by atoms with E-state index in [0.29, 0.717) is 0 Å². The Morgan fingerprint density at radius 1 is 0.933 bits per heavy atom. The van der Waals surface area contributed by atoms with Crippen LogP contribution in [0.4, 0.5) is 5.69 Å². The quantitative estimate of drug-likeness (QED) is 0.504. The number of hydrogen-bond donors (Lipinski definition) is 0. The number of hydrogen-bond acceptors (Lipinski definition) is 2. The van der Waals surface area contributed by atoms with Gasteiger partial charge in [0.2, 0.25) is 5.91 Å². The minimum absolute atomic E-state index is 0.0416. The van der Waals surface area contributed by atoms with Crippen LogP contribution in [0.1, 0.15) is 36.4 Å². The molecule has 2 atom stereocenters. The van der Waals surface area contributed by atoms with Crippen LogP contribution < -0.4 is 9.64 Å². The van der Waals surface area contributed by atoms with Crippen molar-refractivity contribution in [3.05, 3.63) is 102 Å². The smallest absolute Gasteiger partial charge is 0.236 e. The Bertz CT molecular complexity index is 1070. The molecule has 5 rings (SSSR count). The van der Waals surface area contributed by atoms with Crippen molar-refractivity contribution in [2.45, 2.75) is 25.3 Å². The van der Waals surface area contributed by atoms with Crippen LogP contribution in [0, 0.1) is 5.41 Å². The van der Waals surface area contributed by atoms with Crippen molar-refractivity contribution >= 4 is 17.7 Å². The summed E-state index contributed by atoms with van der Waals surface area (Å²) < 4.78 is 5.34. The number of ether oxygens (including phenoxy) is 1. The number of benzene rings is 3. The fourth-order valence-corrected chi connectivity index (χ4v) is 5.05. The summed E-state index contributed by atoms with van der Waals surface area (Å²) in [5, 5.41) is 0. The molecule has 0 unspecified atom stereocenters. The van der Waals surface area contributed by atoms with E-state index < -0.39 is 0 Å². The Morgan fingerprint density at radius 3 is 2.27 bits per heavy atom. The van der Waals surface area contributed by atoms with E-state index in [1.807, 2.05) is 53.4 Å². The average molecular weight is 396 g/mol. The third-order valence-electron chi connectivity index (χ3n) is 6.50. The van der Waals surface area contributed by atoms with E-state index in [2.05, 4.69) is 42.5 Å². The Balaban J connectivity index is 1.52. The molecule has 0 N–H and O–H groups in total. The molecule has 1 heterocycles. The lowest BCUT2D eigenvalue weighted by atomic mass is 9.66. The summed E-state index contributed by atoms with van der Waals surface area (Å²) in [6, 6.07) is 28.7. The maximum absolute atomic E-state index is 13.6. The predicted molar refractivity (Wildman–Crippen MR) is 120 cm³/mol. The van der Waals surface area contributed by atoms with Gasteiger partial charge in [0.15, 0.2) is 0 Å². The summed E-state index contributed by atoms with van der Waals surface area (Å²) in [6.07, 6.45) is 4.94. The highest BCUT2D eigenvalue weighted by molar-refractivity contribution is 6.07. The van der Waals surface area contributed by atoms with E-state index in [0.717, 1.165) is 30.7 Å². The fraction of sp³-hybridized carbons (Fsp3) is 0.222. The summed E-state index contributed by atoms with van der Waals surface area (Å²) in [4.78, 5) is 15.5. The first kappa shape index (κ1) is 18.7. The zero-order valence-electron chi connectivity index (χ0n) is 17.1. The second-order valence-corrected chi connectivity index (χ2v) is 8.23. The van der Waals surface area contributed by atoms with Gasteiger partial charge in [0.1, 0.15) is 5.75 Å². The lowest BCUT2D eigenvalue weighted by molar-refractivity contribution is -0.139. The number of nitrogens with zero attached hydrogens (tertiary/aromatic N) is 1. The van der Waals surface area contributed by atoms with Gasteiger partial charge in [-0.3, -0.25) is 4.79 Å². The van der Waals surface area contributed by atoms with Crippen LogP contribution in [0.2, 0.25) is 0 Å². The molecule has 150 valence electrons. The summed E-state index contributed by atoms with van der Waals surface area (Å²) in [6.45, 7) is 0. The van der Waals surface area contributed by atoms with Crippen LogP contribution in [-0.4, -0.2) is 13.0 Å². The minimum Gasteiger partial charge on any atom is -0.497 e. The molecule has 1 amide bonds. The first-order chi connectivity index (χ1) is 14.7. The van der Waals surface area contributed by atoms with Crippen molar-refractivity contribution in [3.8, 4) is 5.75 Å². The monoisotopic (exact) mass is 395 g/mol. The van der Waals surface area contributed by atoms with Crippen LogP contribution in [-0.2, 0) is 4.79 Å². The molecule has 0 aromatic heterocycles. The molecule has 1 aliphatic heterocycles. The molecule has 1 saturated carbocycles. The Kier molecular flexibility index (Phi) is 4.66. The number of methoxy groups -OCH3 is 1. The molecular weight excluding hydrogens is 370 g/mol. The minimum atomic E-state index is -0.356. The van der Waals surface area contributed by atoms with Gasteiger partial charge in [-0.25, -0.2) is 0 Å². The Morgan fingerprint density at radius 2 is 1.60 bits per heavy atom. The van der Waals surface area contributed by atoms with Gasteiger partial charge >= 0.3 is 0 Å². The Hall–Kier alpha value is -3.33. The highest BCUT2D eigenvalue weighted by atomic mass is 16.5. The number of carbonyl (C=O) groups excluding carboxylic acids is 1. The van der Waals surface area contributed by atoms with Crippen LogP contribution in [0.15, 0.2) is 90.5 Å². The van der Waals surface area contributed by atoms with Crippen molar-refractivity contribution < 1.29 is 9.53 Å². The van der Waals surface area contributed by atoms with Crippen molar-refractivity contribution in [2.75, 3.05) is 12.0 Å². The zero-order valence-corrected chi connectivity index (χ0v) is 17.1. The molecule has 1 aliphatic carbocycles. The highest BCUT2D eigenvalue weighted by Gasteiger charge is 2.63. The number of amides is 1. The van der Waals surface area contributed by atoms with Crippen LogP contribution in [0.5, 0.6) is 5.75 Å². The van der Waals surface area contributed by atoms with Gasteiger partial charge in [-0.1, -0.05) is 72.3 Å². The van der Waals surface area contributed by atoms with Gasteiger partial charge in [0.25, 0.3) is 0 Å². The summed E-state index contributed by atoms with van der Waals surface area (Å²) in [5.41, 5.74) is 4.35. The number of rotatable bonds is 4. The maximum atomic E-state index is 13.6. The zero-order chi connectivity index (χ0) is 20.6. The highest BCUT2D eigenvalue weighted by Crippen LogP contribution is 2.61. The first-order valence-electron chi connectivity index (χ1n) is 10.5. The molecule has 0 bridgehead atoms. The molecule has 2 aliphatic rings. The largest absolute Gasteiger partial charge is 0.497 e. The molecule has 1 saturated heterocycles. The van der Waals surface area contributed by atoms with Gasteiger partial charge in [0, 0.05) is 5.69 Å². The molecule has 3 heteroatoms. The number of carbonyl (C=O) groups is 1. The molecular formula is C27H25NO2. The number of para-hydroxylation sites is 1. The third kappa shape index (κ3) is 3.02. The predicted octanol–water partition coefficient (Wildman–Crippen LogP) is 6.04. The molecule has 3 aromatic carbocycles. The topological polar surface area (TPSA) is 29.5 Å². The molecule has 30 heavy (non-hydrogen) atoms. The van der Waals surface area contributed by atoms with E-state index in [1.165, 1.54) is 16.7 Å². The number of allylic oxidation sites excluding steroid dienone is 1. The Labute approximate surface area is 177 Å². The summed E-state index contributed by atoms with van der Waals surface area (Å²) in [5.74, 6) is 1.08. The SMILES string of the molecule is COc1ccc([C@H]2N(c3ccccc3)C(=O)[C@@]23CC/C(=C/c2ccccc2)C3)cc1. The second kappa shape index (κ2) is 7.49. The van der Waals surface area contributed by atoms with E-state index in [4.69, 9.17) is 4.74 Å². The van der Waals surface area contributed by atoms with Crippen LogP contribution in [0.25, 0.3) is 6.08 Å². The molecule has 3 aromatic rings. The van der Waals surface area contributed by atoms with Crippen molar-refractivity contribution in [2.24, 2.45) is 5.41 Å². The van der Waals surface area contributed by atoms with Gasteiger partial charge in [-0.15, -0.1) is 0 Å². The van der Waals surface area contributed by atoms with Crippen molar-refractivity contribution in [1.82, 2.24) is 0 Å². The van der Waals surface area contributed by atoms with Gasteiger partial charge < -0.3 is 9.64 Å². The summed E-state index contributed by atoms with van der Waals surface area (Å²) >= 11 is 0. The van der Waals surface area contributed by atoms with Gasteiger partial charge in [-0.2, -0.15) is 0 Å². The number of β-lactam (4-membered cyclic amide) rings is 1. The van der Waals surface area contributed by atoms with E-state index in [1.54, 1.807) is 7.11 Å². The average Bonchev–Trinajstić information content (AvgIpc) is 3.24. The van der Waals surface area contributed by atoms with E-state index >= 15 is 0 Å². The molecule has 3 nitrogen and oxygen atoms in total. The van der Waals surface area contributed by atoms with Crippen molar-refractivity contribution in [3.63, 3.8) is 0 Å². The number of anilines is 1. The third-order valence-corrected chi connectivity index (χ3v) is 6.50. The fourth-order valence-electron chi connectivity index (χ4n) is 5.05. The standard InChI is InChI=1S/C27H25NO2/c1-30-24-14-12-22(13-15-24)25-27(26(29)28(25)23-10-6-3-7-11-23)17-16-21(19-27)18-20-8-4-2-5-9-20/h2-15,18,25H,16-17,19H2,1H3/b21-18-/t25-,27-/m1/s1. The van der Waals surface area contributed by atoms with E-state index in [-0.39, 0.29) is 17.4 Å². The van der Waals surface area contributed by atoms with Crippen LogP contribution >= 0.6 is 0 Å². The second-order valence-electron chi connectivity index (χ2n) is 8.23. The first-order valence-corrected chi connectivity index (χ1v) is 10.5. The normalized spacial score (nSPS) is 24.3. The van der Waals surface area contributed by atoms with E-state index in [9.17, 15) is 4.79 Å². The van der Waals surface area contributed by atoms with Gasteiger partial charge in [0.05, 0.1) is 18.6 Å². The maximum Gasteiger partial charge on any atom is 0.236 e. The van der Waals surface area contributed by atoms with Crippen molar-refractivity contribution in [1.29, 1.82) is 0 Å². The van der Waals surface area contributed by atoms with Crippen LogP contribution in [0.3, 0.4) is 0 Å². The molecule has 1 spiro atoms.